The molecule has 72 valence electrons. The minimum absolute atomic E-state index is 0.427. The molecule has 1 aromatic heterocycles. The van der Waals surface area contributed by atoms with Crippen LogP contribution in [-0.4, -0.2) is 9.67 Å². The quantitative estimate of drug-likeness (QED) is 0.783. The van der Waals surface area contributed by atoms with Crippen molar-refractivity contribution in [2.75, 3.05) is 0 Å². The lowest BCUT2D eigenvalue weighted by atomic mass is 10.1. The lowest BCUT2D eigenvalue weighted by Crippen LogP contribution is -2.06. The molecule has 0 spiro atoms. The van der Waals surface area contributed by atoms with Gasteiger partial charge in [-0.05, 0) is 17.7 Å². The first-order valence-corrected chi connectivity index (χ1v) is 4.70. The fourth-order valence-corrected chi connectivity index (χ4v) is 1.47. The molecule has 0 aliphatic carbocycles. The Morgan fingerprint density at radius 2 is 1.64 bits per heavy atom. The Morgan fingerprint density at radius 1 is 1.00 bits per heavy atom. The monoisotopic (exact) mass is 187 g/mol. The van der Waals surface area contributed by atoms with Gasteiger partial charge in [-0.2, -0.15) is 0 Å². The highest BCUT2D eigenvalue weighted by molar-refractivity contribution is 5.17. The van der Waals surface area contributed by atoms with Crippen molar-refractivity contribution in [2.45, 2.75) is 12.6 Å². The van der Waals surface area contributed by atoms with Gasteiger partial charge < -0.3 is 9.67 Å². The molecule has 0 fully saturated rings. The number of nitrogens with zero attached hydrogens (tertiary/aromatic N) is 1. The molecule has 0 radical (unpaired) electrons. The Hall–Kier alpha value is -1.54. The highest BCUT2D eigenvalue weighted by Crippen LogP contribution is 2.13. The predicted molar refractivity (Wildman–Crippen MR) is 55.8 cm³/mol. The summed E-state index contributed by atoms with van der Waals surface area (Å²) in [6.45, 7) is 0.608. The van der Waals surface area contributed by atoms with E-state index in [-0.39, 0.29) is 0 Å². The van der Waals surface area contributed by atoms with Crippen LogP contribution in [-0.2, 0) is 6.54 Å². The van der Waals surface area contributed by atoms with Crippen molar-refractivity contribution in [2.24, 2.45) is 0 Å². The van der Waals surface area contributed by atoms with Gasteiger partial charge in [-0.15, -0.1) is 0 Å². The molecule has 1 N–H and O–H groups in total. The first-order valence-electron chi connectivity index (χ1n) is 4.70. The molecule has 14 heavy (non-hydrogen) atoms. The Balaban J connectivity index is 2.07. The van der Waals surface area contributed by atoms with Crippen molar-refractivity contribution in [3.05, 3.63) is 60.4 Å². The molecule has 2 nitrogen and oxygen atoms in total. The lowest BCUT2D eigenvalue weighted by Gasteiger charge is -2.11. The fraction of sp³-hybridized carbons (Fsp3) is 0.167. The standard InChI is InChI=1S/C12H13NO/c14-12(10-13-8-4-5-9-13)11-6-2-1-3-7-11/h1-9,12,14H,10H2. The van der Waals surface area contributed by atoms with Gasteiger partial charge in [0.05, 0.1) is 12.6 Å². The topological polar surface area (TPSA) is 25.2 Å². The second-order valence-electron chi connectivity index (χ2n) is 3.31. The summed E-state index contributed by atoms with van der Waals surface area (Å²) in [4.78, 5) is 0. The summed E-state index contributed by atoms with van der Waals surface area (Å²) >= 11 is 0. The zero-order valence-electron chi connectivity index (χ0n) is 7.88. The SMILES string of the molecule is OC(Cn1cccc1)c1ccccc1. The molecule has 0 aliphatic heterocycles. The van der Waals surface area contributed by atoms with Gasteiger partial charge in [0.25, 0.3) is 0 Å². The predicted octanol–water partition coefficient (Wildman–Crippen LogP) is 2.22. The largest absolute Gasteiger partial charge is 0.387 e. The van der Waals surface area contributed by atoms with Crippen LogP contribution in [0.25, 0.3) is 0 Å². The van der Waals surface area contributed by atoms with Crippen LogP contribution in [0.15, 0.2) is 54.9 Å². The summed E-state index contributed by atoms with van der Waals surface area (Å²) in [5.74, 6) is 0. The average molecular weight is 187 g/mol. The summed E-state index contributed by atoms with van der Waals surface area (Å²) < 4.78 is 1.97. The zero-order chi connectivity index (χ0) is 9.80. The minimum atomic E-state index is -0.427. The van der Waals surface area contributed by atoms with Crippen LogP contribution < -0.4 is 0 Å². The van der Waals surface area contributed by atoms with E-state index in [1.54, 1.807) is 0 Å². The number of benzene rings is 1. The molecule has 1 unspecified atom stereocenters. The third kappa shape index (κ3) is 2.03. The summed E-state index contributed by atoms with van der Waals surface area (Å²) in [5, 5.41) is 9.87. The van der Waals surface area contributed by atoms with Crippen LogP contribution >= 0.6 is 0 Å². The molecular formula is C12H13NO. The van der Waals surface area contributed by atoms with Crippen molar-refractivity contribution in [3.8, 4) is 0 Å². The number of aromatic nitrogens is 1. The number of aliphatic hydroxyl groups is 1. The van der Waals surface area contributed by atoms with Crippen LogP contribution in [0.3, 0.4) is 0 Å². The molecule has 0 saturated carbocycles. The van der Waals surface area contributed by atoms with E-state index in [9.17, 15) is 5.11 Å². The summed E-state index contributed by atoms with van der Waals surface area (Å²) in [7, 11) is 0. The van der Waals surface area contributed by atoms with Gasteiger partial charge in [0, 0.05) is 12.4 Å². The summed E-state index contributed by atoms with van der Waals surface area (Å²) in [6.07, 6.45) is 3.47. The maximum Gasteiger partial charge on any atom is 0.0968 e. The number of hydrogen-bond acceptors (Lipinski definition) is 1. The highest BCUT2D eigenvalue weighted by atomic mass is 16.3. The van der Waals surface area contributed by atoms with Gasteiger partial charge in [0.1, 0.15) is 0 Å². The van der Waals surface area contributed by atoms with E-state index in [1.807, 2.05) is 59.4 Å². The van der Waals surface area contributed by atoms with Crippen molar-refractivity contribution < 1.29 is 5.11 Å². The molecule has 0 amide bonds. The molecule has 1 aromatic carbocycles. The highest BCUT2D eigenvalue weighted by Gasteiger charge is 2.05. The van der Waals surface area contributed by atoms with Gasteiger partial charge in [0.15, 0.2) is 0 Å². The second kappa shape index (κ2) is 4.11. The van der Waals surface area contributed by atoms with E-state index in [0.717, 1.165) is 5.56 Å². The van der Waals surface area contributed by atoms with E-state index < -0.39 is 6.10 Å². The van der Waals surface area contributed by atoms with Gasteiger partial charge in [0.2, 0.25) is 0 Å². The fourth-order valence-electron chi connectivity index (χ4n) is 1.47. The van der Waals surface area contributed by atoms with Crippen molar-refractivity contribution >= 4 is 0 Å². The van der Waals surface area contributed by atoms with Gasteiger partial charge in [-0.25, -0.2) is 0 Å². The van der Waals surface area contributed by atoms with E-state index >= 15 is 0 Å². The van der Waals surface area contributed by atoms with E-state index in [0.29, 0.717) is 6.54 Å². The Morgan fingerprint density at radius 3 is 2.29 bits per heavy atom. The lowest BCUT2D eigenvalue weighted by molar-refractivity contribution is 0.156. The maximum absolute atomic E-state index is 9.87. The molecule has 1 heterocycles. The summed E-state index contributed by atoms with van der Waals surface area (Å²) in [5.41, 5.74) is 0.959. The van der Waals surface area contributed by atoms with E-state index in [1.165, 1.54) is 0 Å². The third-order valence-corrected chi connectivity index (χ3v) is 2.23. The van der Waals surface area contributed by atoms with E-state index in [4.69, 9.17) is 0 Å². The molecule has 0 bridgehead atoms. The second-order valence-corrected chi connectivity index (χ2v) is 3.31. The van der Waals surface area contributed by atoms with Gasteiger partial charge in [-0.3, -0.25) is 0 Å². The van der Waals surface area contributed by atoms with Crippen LogP contribution in [0, 0.1) is 0 Å². The number of hydrogen-bond donors (Lipinski definition) is 1. The van der Waals surface area contributed by atoms with Crippen molar-refractivity contribution in [1.29, 1.82) is 0 Å². The van der Waals surface area contributed by atoms with Gasteiger partial charge >= 0.3 is 0 Å². The van der Waals surface area contributed by atoms with Crippen LogP contribution in [0.2, 0.25) is 0 Å². The first kappa shape index (κ1) is 9.03. The smallest absolute Gasteiger partial charge is 0.0968 e. The number of aliphatic hydroxyl groups excluding tert-OH is 1. The van der Waals surface area contributed by atoms with E-state index in [2.05, 4.69) is 0 Å². The molecule has 2 aromatic rings. The molecular weight excluding hydrogens is 174 g/mol. The zero-order valence-corrected chi connectivity index (χ0v) is 7.88. The average Bonchev–Trinajstić information content (AvgIpc) is 2.72. The van der Waals surface area contributed by atoms with Crippen molar-refractivity contribution in [1.82, 2.24) is 4.57 Å². The Labute approximate surface area is 83.4 Å². The first-order chi connectivity index (χ1) is 6.86. The van der Waals surface area contributed by atoms with Crippen LogP contribution in [0.5, 0.6) is 0 Å². The molecule has 0 saturated heterocycles. The molecule has 1 atom stereocenters. The van der Waals surface area contributed by atoms with Crippen LogP contribution in [0.1, 0.15) is 11.7 Å². The Bertz CT molecular complexity index is 366. The molecule has 0 aliphatic rings. The summed E-state index contributed by atoms with van der Waals surface area (Å²) in [6, 6.07) is 13.6. The third-order valence-electron chi connectivity index (χ3n) is 2.23. The minimum Gasteiger partial charge on any atom is -0.387 e. The number of rotatable bonds is 3. The van der Waals surface area contributed by atoms with Crippen molar-refractivity contribution in [3.63, 3.8) is 0 Å². The van der Waals surface area contributed by atoms with Gasteiger partial charge in [-0.1, -0.05) is 30.3 Å². The van der Waals surface area contributed by atoms with Crippen LogP contribution in [0.4, 0.5) is 0 Å². The molecule has 2 heteroatoms. The molecule has 2 rings (SSSR count). The maximum atomic E-state index is 9.87. The Kier molecular flexibility index (Phi) is 2.65. The normalized spacial score (nSPS) is 12.6.